The SMILES string of the molecule is Cc1nn(-c2ccc(F)cc2)c(C)c1CC(=O)N1CCCc2c(N)cccc21.Cl. The van der Waals surface area contributed by atoms with Gasteiger partial charge >= 0.3 is 0 Å². The molecule has 3 aromatic rings. The van der Waals surface area contributed by atoms with Crippen LogP contribution in [0.5, 0.6) is 0 Å². The van der Waals surface area contributed by atoms with E-state index in [9.17, 15) is 9.18 Å². The summed E-state index contributed by atoms with van der Waals surface area (Å²) in [5.74, 6) is -0.250. The fourth-order valence-corrected chi connectivity index (χ4v) is 3.92. The number of hydrogen-bond acceptors (Lipinski definition) is 3. The first-order chi connectivity index (χ1) is 13.5. The number of nitrogens with zero attached hydrogens (tertiary/aromatic N) is 3. The lowest BCUT2D eigenvalue weighted by molar-refractivity contribution is -0.118. The Labute approximate surface area is 175 Å². The minimum absolute atomic E-state index is 0. The van der Waals surface area contributed by atoms with Gasteiger partial charge in [0.2, 0.25) is 5.91 Å². The molecule has 2 aromatic carbocycles. The van der Waals surface area contributed by atoms with Crippen LogP contribution >= 0.6 is 12.4 Å². The molecule has 29 heavy (non-hydrogen) atoms. The molecule has 2 N–H and O–H groups in total. The molecule has 0 fully saturated rings. The lowest BCUT2D eigenvalue weighted by Crippen LogP contribution is -2.37. The van der Waals surface area contributed by atoms with Crippen molar-refractivity contribution in [2.24, 2.45) is 0 Å². The van der Waals surface area contributed by atoms with Gasteiger partial charge in [-0.25, -0.2) is 9.07 Å². The van der Waals surface area contributed by atoms with E-state index in [1.807, 2.05) is 36.9 Å². The maximum atomic E-state index is 13.2. The number of aromatic nitrogens is 2. The van der Waals surface area contributed by atoms with Crippen molar-refractivity contribution < 1.29 is 9.18 Å². The predicted molar refractivity (Wildman–Crippen MR) is 115 cm³/mol. The van der Waals surface area contributed by atoms with Crippen molar-refractivity contribution in [3.8, 4) is 5.69 Å². The highest BCUT2D eigenvalue weighted by Gasteiger charge is 2.25. The molecule has 7 heteroatoms. The van der Waals surface area contributed by atoms with Crippen LogP contribution in [0, 0.1) is 19.7 Å². The molecule has 1 amide bonds. The van der Waals surface area contributed by atoms with Crippen molar-refractivity contribution in [3.63, 3.8) is 0 Å². The van der Waals surface area contributed by atoms with Gasteiger partial charge in [-0.15, -0.1) is 12.4 Å². The van der Waals surface area contributed by atoms with Crippen LogP contribution < -0.4 is 10.6 Å². The lowest BCUT2D eigenvalue weighted by Gasteiger charge is -2.30. The number of hydrogen-bond donors (Lipinski definition) is 1. The number of rotatable bonds is 3. The standard InChI is InChI=1S/C22H23FN4O.ClH/c1-14-19(15(2)27(25-14)17-10-8-16(23)9-11-17)13-22(28)26-12-4-5-18-20(24)6-3-7-21(18)26;/h3,6-11H,4-5,12-13,24H2,1-2H3;1H. The van der Waals surface area contributed by atoms with Gasteiger partial charge in [0.25, 0.3) is 0 Å². The molecule has 0 atom stereocenters. The molecule has 1 aliphatic rings. The van der Waals surface area contributed by atoms with E-state index in [0.29, 0.717) is 6.54 Å². The molecule has 0 bridgehead atoms. The minimum atomic E-state index is -0.288. The molecule has 0 saturated carbocycles. The minimum Gasteiger partial charge on any atom is -0.398 e. The third kappa shape index (κ3) is 3.85. The highest BCUT2D eigenvalue weighted by Crippen LogP contribution is 2.32. The summed E-state index contributed by atoms with van der Waals surface area (Å²) < 4.78 is 15.0. The van der Waals surface area contributed by atoms with E-state index >= 15 is 0 Å². The molecular formula is C22H24ClFN4O. The number of benzene rings is 2. The van der Waals surface area contributed by atoms with Gasteiger partial charge < -0.3 is 10.6 Å². The molecule has 0 spiro atoms. The second kappa shape index (κ2) is 8.25. The van der Waals surface area contributed by atoms with Gasteiger partial charge in [-0.05, 0) is 68.7 Å². The highest BCUT2D eigenvalue weighted by molar-refractivity contribution is 5.97. The summed E-state index contributed by atoms with van der Waals surface area (Å²) in [6.07, 6.45) is 2.07. The number of halogens is 2. The largest absolute Gasteiger partial charge is 0.398 e. The third-order valence-corrected chi connectivity index (χ3v) is 5.43. The Hall–Kier alpha value is -2.86. The quantitative estimate of drug-likeness (QED) is 0.654. The number of carbonyl (C=O) groups excluding carboxylic acids is 1. The van der Waals surface area contributed by atoms with Crippen LogP contribution in [0.4, 0.5) is 15.8 Å². The summed E-state index contributed by atoms with van der Waals surface area (Å²) >= 11 is 0. The smallest absolute Gasteiger partial charge is 0.231 e. The Morgan fingerprint density at radius 3 is 2.62 bits per heavy atom. The van der Waals surface area contributed by atoms with Crippen molar-refractivity contribution in [3.05, 3.63) is 70.8 Å². The van der Waals surface area contributed by atoms with Crippen LogP contribution in [0.25, 0.3) is 5.69 Å². The lowest BCUT2D eigenvalue weighted by atomic mass is 9.99. The molecule has 0 saturated heterocycles. The average Bonchev–Trinajstić information content (AvgIpc) is 2.97. The molecule has 1 aromatic heterocycles. The Morgan fingerprint density at radius 1 is 1.17 bits per heavy atom. The van der Waals surface area contributed by atoms with Crippen molar-refractivity contribution in [2.45, 2.75) is 33.1 Å². The third-order valence-electron chi connectivity index (χ3n) is 5.43. The molecule has 5 nitrogen and oxygen atoms in total. The van der Waals surface area contributed by atoms with Crippen molar-refractivity contribution in [2.75, 3.05) is 17.2 Å². The molecule has 1 aliphatic heterocycles. The second-order valence-corrected chi connectivity index (χ2v) is 7.21. The Morgan fingerprint density at radius 2 is 1.90 bits per heavy atom. The Balaban J connectivity index is 0.00000240. The van der Waals surface area contributed by atoms with Crippen LogP contribution in [0.15, 0.2) is 42.5 Å². The van der Waals surface area contributed by atoms with Gasteiger partial charge in [-0.1, -0.05) is 6.07 Å². The van der Waals surface area contributed by atoms with Gasteiger partial charge in [-0.2, -0.15) is 5.10 Å². The van der Waals surface area contributed by atoms with Crippen LogP contribution in [-0.4, -0.2) is 22.2 Å². The molecule has 2 heterocycles. The number of nitrogen functional groups attached to an aromatic ring is 1. The maximum Gasteiger partial charge on any atom is 0.231 e. The van der Waals surface area contributed by atoms with E-state index < -0.39 is 0 Å². The van der Waals surface area contributed by atoms with E-state index in [4.69, 9.17) is 5.73 Å². The number of aryl methyl sites for hydroxylation is 1. The number of anilines is 2. The van der Waals surface area contributed by atoms with E-state index in [1.54, 1.807) is 16.8 Å². The number of nitrogens with two attached hydrogens (primary N) is 1. The highest BCUT2D eigenvalue weighted by atomic mass is 35.5. The van der Waals surface area contributed by atoms with Crippen LogP contribution in [-0.2, 0) is 17.6 Å². The van der Waals surface area contributed by atoms with Crippen LogP contribution in [0.2, 0.25) is 0 Å². The summed E-state index contributed by atoms with van der Waals surface area (Å²) in [6.45, 7) is 4.53. The van der Waals surface area contributed by atoms with Crippen molar-refractivity contribution in [1.82, 2.24) is 9.78 Å². The van der Waals surface area contributed by atoms with E-state index in [1.165, 1.54) is 12.1 Å². The summed E-state index contributed by atoms with van der Waals surface area (Å²) in [5, 5.41) is 4.57. The van der Waals surface area contributed by atoms with Gasteiger partial charge in [0.05, 0.1) is 17.8 Å². The van der Waals surface area contributed by atoms with Crippen LogP contribution in [0.3, 0.4) is 0 Å². The summed E-state index contributed by atoms with van der Waals surface area (Å²) in [5.41, 5.74) is 12.2. The summed E-state index contributed by atoms with van der Waals surface area (Å²) in [7, 11) is 0. The molecule has 0 radical (unpaired) electrons. The molecule has 152 valence electrons. The normalized spacial score (nSPS) is 13.0. The zero-order chi connectivity index (χ0) is 19.8. The summed E-state index contributed by atoms with van der Waals surface area (Å²) in [4.78, 5) is 15.0. The molecule has 0 unspecified atom stereocenters. The number of amides is 1. The van der Waals surface area contributed by atoms with E-state index in [-0.39, 0.29) is 30.6 Å². The fourth-order valence-electron chi connectivity index (χ4n) is 3.92. The van der Waals surface area contributed by atoms with Crippen molar-refractivity contribution >= 4 is 29.7 Å². The van der Waals surface area contributed by atoms with E-state index in [2.05, 4.69) is 5.10 Å². The van der Waals surface area contributed by atoms with E-state index in [0.717, 1.165) is 52.4 Å². The topological polar surface area (TPSA) is 64.2 Å². The van der Waals surface area contributed by atoms with Gasteiger partial charge in [0.15, 0.2) is 0 Å². The number of fused-ring (bicyclic) bond motifs is 1. The second-order valence-electron chi connectivity index (χ2n) is 7.21. The predicted octanol–water partition coefficient (Wildman–Crippen LogP) is 4.15. The zero-order valence-electron chi connectivity index (χ0n) is 16.5. The van der Waals surface area contributed by atoms with Gasteiger partial charge in [-0.3, -0.25) is 4.79 Å². The first kappa shape index (κ1) is 20.9. The Kier molecular flexibility index (Phi) is 5.94. The fraction of sp³-hybridized carbons (Fsp3) is 0.273. The first-order valence-corrected chi connectivity index (χ1v) is 9.44. The first-order valence-electron chi connectivity index (χ1n) is 9.44. The average molecular weight is 415 g/mol. The maximum absolute atomic E-state index is 13.2. The molecular weight excluding hydrogens is 391 g/mol. The Bertz CT molecular complexity index is 1050. The molecule has 4 rings (SSSR count). The monoisotopic (exact) mass is 414 g/mol. The molecule has 0 aliphatic carbocycles. The number of carbonyl (C=O) groups is 1. The van der Waals surface area contributed by atoms with Crippen LogP contribution in [0.1, 0.15) is 28.9 Å². The summed E-state index contributed by atoms with van der Waals surface area (Å²) in [6, 6.07) is 11.9. The zero-order valence-corrected chi connectivity index (χ0v) is 17.3. The van der Waals surface area contributed by atoms with Crippen molar-refractivity contribution in [1.29, 1.82) is 0 Å². The van der Waals surface area contributed by atoms with Gasteiger partial charge in [0, 0.05) is 29.2 Å². The van der Waals surface area contributed by atoms with Gasteiger partial charge in [0.1, 0.15) is 5.82 Å².